The van der Waals surface area contributed by atoms with Gasteiger partial charge >= 0.3 is 5.82 Å². The van der Waals surface area contributed by atoms with E-state index in [4.69, 9.17) is 14.6 Å². The monoisotopic (exact) mass is 652 g/mol. The minimum atomic E-state index is -0.500. The van der Waals surface area contributed by atoms with E-state index in [0.29, 0.717) is 61.1 Å². The van der Waals surface area contributed by atoms with E-state index >= 15 is 0 Å². The molecule has 0 radical (unpaired) electrons. The summed E-state index contributed by atoms with van der Waals surface area (Å²) in [6.07, 6.45) is 6.27. The van der Waals surface area contributed by atoms with Gasteiger partial charge in [-0.1, -0.05) is 22.0 Å². The minimum absolute atomic E-state index is 0.137. The van der Waals surface area contributed by atoms with Crippen LogP contribution in [-0.2, 0) is 27.9 Å². The van der Waals surface area contributed by atoms with Crippen molar-refractivity contribution in [2.75, 3.05) is 43.5 Å². The zero-order valence-electron chi connectivity index (χ0n) is 23.2. The highest BCUT2D eigenvalue weighted by Gasteiger charge is 2.34. The summed E-state index contributed by atoms with van der Waals surface area (Å²) in [7, 11) is 1.75. The fourth-order valence-electron chi connectivity index (χ4n) is 4.74. The van der Waals surface area contributed by atoms with E-state index < -0.39 is 11.4 Å². The number of rotatable bonds is 9. The van der Waals surface area contributed by atoms with E-state index in [-0.39, 0.29) is 11.7 Å². The molecule has 14 nitrogen and oxygen atoms in total. The Morgan fingerprint density at radius 1 is 1.16 bits per heavy atom. The molecule has 1 aliphatic rings. The van der Waals surface area contributed by atoms with Crippen LogP contribution in [0, 0.1) is 10.1 Å². The number of anilines is 3. The summed E-state index contributed by atoms with van der Waals surface area (Å²) in [4.78, 5) is 44.8. The number of carbonyl (C=O) groups excluding carboxylic acids is 2. The van der Waals surface area contributed by atoms with Gasteiger partial charge in [-0.3, -0.25) is 4.79 Å². The van der Waals surface area contributed by atoms with E-state index in [2.05, 4.69) is 41.5 Å². The van der Waals surface area contributed by atoms with Gasteiger partial charge in [-0.2, -0.15) is 0 Å². The first-order valence-corrected chi connectivity index (χ1v) is 13.9. The lowest BCUT2D eigenvalue weighted by Gasteiger charge is -2.40. The summed E-state index contributed by atoms with van der Waals surface area (Å²) in [5, 5.41) is 26.7. The van der Waals surface area contributed by atoms with Crippen molar-refractivity contribution < 1.29 is 28.8 Å². The molecule has 15 heteroatoms. The van der Waals surface area contributed by atoms with Crippen molar-refractivity contribution >= 4 is 62.2 Å². The number of morpholine rings is 1. The first-order valence-electron chi connectivity index (χ1n) is 13.1. The maximum atomic E-state index is 12.8. The van der Waals surface area contributed by atoms with Gasteiger partial charge in [0.25, 0.3) is 0 Å². The highest BCUT2D eigenvalue weighted by atomic mass is 79.9. The van der Waals surface area contributed by atoms with Crippen LogP contribution in [0.3, 0.4) is 0 Å². The molecule has 1 fully saturated rings. The van der Waals surface area contributed by atoms with Crippen LogP contribution < -0.4 is 15.7 Å². The molecule has 1 amide bonds. The lowest BCUT2D eigenvalue weighted by Crippen LogP contribution is -2.54. The lowest BCUT2D eigenvalue weighted by atomic mass is 10.2. The van der Waals surface area contributed by atoms with Crippen LogP contribution in [-0.4, -0.2) is 74.2 Å². The number of hydrogen-bond acceptors (Lipinski definition) is 10. The Morgan fingerprint density at radius 2 is 1.93 bits per heavy atom. The normalized spacial score (nSPS) is 14.1. The van der Waals surface area contributed by atoms with Crippen LogP contribution in [0.2, 0.25) is 0 Å². The number of benzene rings is 2. The van der Waals surface area contributed by atoms with E-state index in [0.717, 1.165) is 21.1 Å². The zero-order chi connectivity index (χ0) is 30.8. The number of carboxylic acid groups (broad SMARTS) is 1. The summed E-state index contributed by atoms with van der Waals surface area (Å²) >= 11 is 3.47. The molecule has 4 aromatic rings. The molecule has 2 aromatic carbocycles. The molecule has 1 aliphatic heterocycles. The predicted octanol–water partition coefficient (Wildman–Crippen LogP) is 2.69. The number of halogens is 1. The Hall–Kier alpha value is -4.73. The van der Waals surface area contributed by atoms with E-state index in [9.17, 15) is 14.9 Å². The number of hydrogen-bond donors (Lipinski definition) is 2. The number of imidazole rings is 1. The molecule has 0 atom stereocenters. The second-order valence-corrected chi connectivity index (χ2v) is 10.6. The molecular weight excluding hydrogens is 624 g/mol. The molecule has 2 N–H and O–H groups in total. The third kappa shape index (κ3) is 8.18. The van der Waals surface area contributed by atoms with E-state index in [1.807, 2.05) is 42.5 Å². The first-order chi connectivity index (χ1) is 20.7. The summed E-state index contributed by atoms with van der Waals surface area (Å²) in [5.74, 6) is 0.204. The van der Waals surface area contributed by atoms with E-state index in [1.165, 1.54) is 18.7 Å². The summed E-state index contributed by atoms with van der Waals surface area (Å²) in [6.45, 7) is 2.87. The van der Waals surface area contributed by atoms with Gasteiger partial charge in [-0.15, -0.1) is 0 Å². The lowest BCUT2D eigenvalue weighted by molar-refractivity contribution is -0.942. The molecule has 43 heavy (non-hydrogen) atoms. The highest BCUT2D eigenvalue weighted by molar-refractivity contribution is 9.10. The molecule has 0 bridgehead atoms. The molecule has 0 aliphatic carbocycles. The van der Waals surface area contributed by atoms with Gasteiger partial charge in [0, 0.05) is 40.8 Å². The number of fused-ring (bicyclic) bond motifs is 1. The number of nitrogens with one attached hydrogen (secondary N) is 2. The van der Waals surface area contributed by atoms with Crippen molar-refractivity contribution in [1.29, 1.82) is 0 Å². The second-order valence-electron chi connectivity index (χ2n) is 9.70. The smallest absolute Gasteiger partial charge is 0.390 e. The molecular formula is C28H29BrN8O6. The maximum absolute atomic E-state index is 12.8. The molecule has 2 aromatic heterocycles. The first kappa shape index (κ1) is 31.2. The Bertz CT molecular complexity index is 1640. The molecule has 224 valence electrons. The fourth-order valence-corrected chi connectivity index (χ4v) is 5.13. The minimum Gasteiger partial charge on any atom is -0.554 e. The van der Waals surface area contributed by atoms with E-state index in [1.54, 1.807) is 17.7 Å². The molecule has 0 spiro atoms. The average Bonchev–Trinajstić information content (AvgIpc) is 3.34. The topological polar surface area (TPSA) is 177 Å². The highest BCUT2D eigenvalue weighted by Crippen LogP contribution is 2.27. The molecule has 5 rings (SSSR count). The third-order valence-corrected chi connectivity index (χ3v) is 7.36. The van der Waals surface area contributed by atoms with Crippen molar-refractivity contribution in [1.82, 2.24) is 19.5 Å². The van der Waals surface area contributed by atoms with Crippen molar-refractivity contribution in [2.24, 2.45) is 7.05 Å². The fraction of sp³-hybridized carbons (Fsp3) is 0.250. The summed E-state index contributed by atoms with van der Waals surface area (Å²) < 4.78 is 8.71. The number of quaternary nitrogens is 1. The molecule has 0 unspecified atom stereocenters. The van der Waals surface area contributed by atoms with Crippen LogP contribution >= 0.6 is 15.9 Å². The molecule has 1 saturated heterocycles. The third-order valence-electron chi connectivity index (χ3n) is 6.87. The van der Waals surface area contributed by atoms with Crippen molar-refractivity contribution in [2.45, 2.75) is 6.54 Å². The predicted molar refractivity (Wildman–Crippen MR) is 160 cm³/mol. The quantitative estimate of drug-likeness (QED) is 0.0898. The van der Waals surface area contributed by atoms with Gasteiger partial charge < -0.3 is 44.4 Å². The van der Waals surface area contributed by atoms with Gasteiger partial charge in [0.05, 0.1) is 25.3 Å². The van der Waals surface area contributed by atoms with Crippen molar-refractivity contribution in [3.63, 3.8) is 0 Å². The Kier molecular flexibility index (Phi) is 10.5. The number of ether oxygens (including phenoxy) is 1. The van der Waals surface area contributed by atoms with Gasteiger partial charge in [0.15, 0.2) is 5.69 Å². The number of nitro groups is 1. The number of carbonyl (C=O) groups is 2. The SMILES string of the molecule is Cn1cnc([N+](=O)[O-])c1C[N+]1(CC=CC(=O)Nc2ccc3ncnc(Nc4cccc(Br)c4)c3c2)CCOCC1.O=C[O-]. The standard InChI is InChI=1S/C27H27BrN8O4.CH2O2/c1-34-18-31-27(35(38)39)24(34)16-36(10-12-40-13-11-36)9-3-6-25(37)32-21-7-8-23-22(15-21)26(30-17-29-23)33-20-5-2-4-19(28)14-20;2-1-3/h2-8,14-15,17-18H,9-13,16H2,1H3,(H-,29,30,32,33,37);1H,(H,2,3). The van der Waals surface area contributed by atoms with Crippen LogP contribution in [0.4, 0.5) is 23.0 Å². The number of amides is 1. The van der Waals surface area contributed by atoms with Crippen LogP contribution in [0.15, 0.2) is 71.7 Å². The number of aryl methyl sites for hydroxylation is 1. The van der Waals surface area contributed by atoms with Gasteiger partial charge in [0.2, 0.25) is 12.2 Å². The van der Waals surface area contributed by atoms with Crippen LogP contribution in [0.1, 0.15) is 5.69 Å². The summed E-state index contributed by atoms with van der Waals surface area (Å²) in [6, 6.07) is 13.2. The zero-order valence-corrected chi connectivity index (χ0v) is 24.8. The van der Waals surface area contributed by atoms with Gasteiger partial charge in [-0.05, 0) is 52.4 Å². The Balaban J connectivity index is 0.00000135. The number of nitrogens with zero attached hydrogens (tertiary/aromatic N) is 6. The molecule has 0 saturated carbocycles. The largest absolute Gasteiger partial charge is 0.554 e. The van der Waals surface area contributed by atoms with Gasteiger partial charge in [-0.25, -0.2) is 9.97 Å². The molecule has 3 heterocycles. The Morgan fingerprint density at radius 3 is 2.65 bits per heavy atom. The Labute approximate surface area is 254 Å². The van der Waals surface area contributed by atoms with Crippen LogP contribution in [0.5, 0.6) is 0 Å². The van der Waals surface area contributed by atoms with Crippen molar-refractivity contribution in [3.8, 4) is 0 Å². The average molecular weight is 653 g/mol. The number of aromatic nitrogens is 4. The maximum Gasteiger partial charge on any atom is 0.390 e. The second kappa shape index (κ2) is 14.4. The van der Waals surface area contributed by atoms with Crippen LogP contribution in [0.25, 0.3) is 10.9 Å². The van der Waals surface area contributed by atoms with Gasteiger partial charge in [0.1, 0.15) is 31.8 Å². The summed E-state index contributed by atoms with van der Waals surface area (Å²) in [5.41, 5.74) is 2.76. The van der Waals surface area contributed by atoms with Crippen molar-refractivity contribution in [3.05, 3.63) is 87.6 Å².